The molecule has 0 amide bonds. The number of pyridine rings is 1. The third-order valence-electron chi connectivity index (χ3n) is 4.17. The van der Waals surface area contributed by atoms with Crippen molar-refractivity contribution >= 4 is 23.8 Å². The molecular weight excluding hydrogens is 310 g/mol. The molecule has 0 aliphatic carbocycles. The Bertz CT molecular complexity index is 849. The van der Waals surface area contributed by atoms with Crippen molar-refractivity contribution in [1.82, 2.24) is 24.1 Å². The zero-order valence-electron chi connectivity index (χ0n) is 12.7. The van der Waals surface area contributed by atoms with Crippen LogP contribution in [0.15, 0.2) is 42.9 Å². The molecule has 1 aliphatic heterocycles. The van der Waals surface area contributed by atoms with Gasteiger partial charge < -0.3 is 9.80 Å². The van der Waals surface area contributed by atoms with Crippen LogP contribution in [0.1, 0.15) is 0 Å². The Morgan fingerprint density at radius 2 is 1.87 bits per heavy atom. The SMILES string of the molecule is S=c1n(C[NH+]2CCN(c3ncccn3)CC2)nc2ccccn12. The van der Waals surface area contributed by atoms with Gasteiger partial charge in [0.25, 0.3) is 0 Å². The molecule has 8 heteroatoms. The lowest BCUT2D eigenvalue weighted by atomic mass is 10.3. The van der Waals surface area contributed by atoms with E-state index >= 15 is 0 Å². The van der Waals surface area contributed by atoms with Gasteiger partial charge in [0, 0.05) is 18.6 Å². The first-order valence-electron chi connectivity index (χ1n) is 7.71. The van der Waals surface area contributed by atoms with E-state index < -0.39 is 0 Å². The highest BCUT2D eigenvalue weighted by molar-refractivity contribution is 7.71. The maximum Gasteiger partial charge on any atom is 0.225 e. The van der Waals surface area contributed by atoms with Crippen molar-refractivity contribution in [2.75, 3.05) is 31.1 Å². The van der Waals surface area contributed by atoms with Crippen molar-refractivity contribution in [2.24, 2.45) is 0 Å². The molecule has 1 N–H and O–H groups in total. The molecule has 4 heterocycles. The molecule has 0 atom stereocenters. The summed E-state index contributed by atoms with van der Waals surface area (Å²) in [7, 11) is 0. The van der Waals surface area contributed by atoms with E-state index in [9.17, 15) is 0 Å². The maximum absolute atomic E-state index is 5.51. The van der Waals surface area contributed by atoms with Crippen LogP contribution in [-0.4, -0.2) is 50.3 Å². The molecule has 0 bridgehead atoms. The van der Waals surface area contributed by atoms with Crippen LogP contribution in [0.2, 0.25) is 0 Å². The predicted octanol–water partition coefficient (Wildman–Crippen LogP) is 0.0179. The second kappa shape index (κ2) is 6.05. The van der Waals surface area contributed by atoms with Crippen LogP contribution < -0.4 is 9.80 Å². The normalized spacial score (nSPS) is 16.1. The van der Waals surface area contributed by atoms with Gasteiger partial charge in [0.15, 0.2) is 12.3 Å². The second-order valence-electron chi connectivity index (χ2n) is 5.65. The summed E-state index contributed by atoms with van der Waals surface area (Å²) in [6.45, 7) is 4.73. The Hall–Kier alpha value is -2.32. The number of hydrogen-bond acceptors (Lipinski definition) is 5. The lowest BCUT2D eigenvalue weighted by molar-refractivity contribution is -0.924. The fourth-order valence-corrected chi connectivity index (χ4v) is 3.18. The Kier molecular flexibility index (Phi) is 3.76. The maximum atomic E-state index is 5.51. The fraction of sp³-hybridized carbons (Fsp3) is 0.333. The van der Waals surface area contributed by atoms with E-state index in [0.29, 0.717) is 0 Å². The molecular formula is C15H18N7S+. The summed E-state index contributed by atoms with van der Waals surface area (Å²) < 4.78 is 4.62. The summed E-state index contributed by atoms with van der Waals surface area (Å²) in [6.07, 6.45) is 5.54. The number of anilines is 1. The van der Waals surface area contributed by atoms with Gasteiger partial charge in [-0.25, -0.2) is 9.97 Å². The number of quaternary nitrogens is 1. The molecule has 1 fully saturated rings. The molecule has 23 heavy (non-hydrogen) atoms. The van der Waals surface area contributed by atoms with Crippen molar-refractivity contribution in [3.63, 3.8) is 0 Å². The minimum atomic E-state index is 0.752. The van der Waals surface area contributed by atoms with Crippen LogP contribution in [0.3, 0.4) is 0 Å². The first kappa shape index (κ1) is 14.3. The molecule has 0 radical (unpaired) electrons. The monoisotopic (exact) mass is 328 g/mol. The number of piperazine rings is 1. The quantitative estimate of drug-likeness (QED) is 0.687. The smallest absolute Gasteiger partial charge is 0.225 e. The van der Waals surface area contributed by atoms with E-state index in [0.717, 1.165) is 49.2 Å². The van der Waals surface area contributed by atoms with Crippen LogP contribution >= 0.6 is 12.2 Å². The highest BCUT2D eigenvalue weighted by Crippen LogP contribution is 2.05. The number of aromatic nitrogens is 5. The molecule has 0 aromatic carbocycles. The summed E-state index contributed by atoms with van der Waals surface area (Å²) in [4.78, 5) is 12.3. The van der Waals surface area contributed by atoms with E-state index in [1.807, 2.05) is 39.5 Å². The van der Waals surface area contributed by atoms with Gasteiger partial charge >= 0.3 is 0 Å². The van der Waals surface area contributed by atoms with Gasteiger partial charge in [0.2, 0.25) is 10.7 Å². The molecule has 0 unspecified atom stereocenters. The molecule has 7 nitrogen and oxygen atoms in total. The van der Waals surface area contributed by atoms with Crippen LogP contribution in [0.5, 0.6) is 0 Å². The van der Waals surface area contributed by atoms with Crippen LogP contribution in [0.25, 0.3) is 5.65 Å². The van der Waals surface area contributed by atoms with E-state index in [1.54, 1.807) is 12.4 Å². The zero-order valence-corrected chi connectivity index (χ0v) is 13.5. The minimum absolute atomic E-state index is 0.752. The third-order valence-corrected chi connectivity index (χ3v) is 4.57. The number of fused-ring (bicyclic) bond motifs is 1. The molecule has 4 rings (SSSR count). The first-order chi connectivity index (χ1) is 11.3. The molecule has 118 valence electrons. The standard InChI is InChI=1S/C15H17N7S/c23-15-21-7-2-1-4-13(21)18-22(15)12-19-8-10-20(11-9-19)14-16-5-3-6-17-14/h1-7H,8-12H2/p+1. The molecule has 3 aromatic heterocycles. The molecule has 0 spiro atoms. The van der Waals surface area contributed by atoms with E-state index in [2.05, 4.69) is 20.0 Å². The van der Waals surface area contributed by atoms with E-state index in [4.69, 9.17) is 12.2 Å². The Morgan fingerprint density at radius 3 is 2.61 bits per heavy atom. The van der Waals surface area contributed by atoms with Gasteiger partial charge in [-0.05, 0) is 30.4 Å². The van der Waals surface area contributed by atoms with Gasteiger partial charge in [0.05, 0.1) is 26.2 Å². The van der Waals surface area contributed by atoms with Crippen molar-refractivity contribution in [3.05, 3.63) is 47.6 Å². The van der Waals surface area contributed by atoms with Crippen LogP contribution in [0, 0.1) is 4.77 Å². The Morgan fingerprint density at radius 1 is 1.09 bits per heavy atom. The van der Waals surface area contributed by atoms with Gasteiger partial charge in [0.1, 0.15) is 0 Å². The first-order valence-corrected chi connectivity index (χ1v) is 8.12. The van der Waals surface area contributed by atoms with Crippen LogP contribution in [0.4, 0.5) is 5.95 Å². The molecule has 0 saturated carbocycles. The average molecular weight is 328 g/mol. The molecule has 3 aromatic rings. The van der Waals surface area contributed by atoms with Gasteiger partial charge in [-0.2, -0.15) is 4.68 Å². The largest absolute Gasteiger partial charge is 0.330 e. The minimum Gasteiger partial charge on any atom is -0.330 e. The highest BCUT2D eigenvalue weighted by atomic mass is 32.1. The van der Waals surface area contributed by atoms with E-state index in [-0.39, 0.29) is 0 Å². The third kappa shape index (κ3) is 2.82. The van der Waals surface area contributed by atoms with Crippen molar-refractivity contribution in [3.8, 4) is 0 Å². The Labute approximate surface area is 138 Å². The predicted molar refractivity (Wildman–Crippen MR) is 89.0 cm³/mol. The fourth-order valence-electron chi connectivity index (χ4n) is 2.92. The summed E-state index contributed by atoms with van der Waals surface area (Å²) in [6, 6.07) is 7.77. The lowest BCUT2D eigenvalue weighted by Crippen LogP contribution is -3.14. The van der Waals surface area contributed by atoms with Gasteiger partial charge in [-0.15, -0.1) is 5.10 Å². The summed E-state index contributed by atoms with van der Waals surface area (Å²) in [5.74, 6) is 0.816. The Balaban J connectivity index is 1.45. The number of nitrogens with one attached hydrogen (secondary N) is 1. The van der Waals surface area contributed by atoms with Crippen molar-refractivity contribution < 1.29 is 4.90 Å². The zero-order chi connectivity index (χ0) is 15.6. The van der Waals surface area contributed by atoms with Crippen molar-refractivity contribution in [1.29, 1.82) is 0 Å². The van der Waals surface area contributed by atoms with E-state index in [1.165, 1.54) is 4.90 Å². The van der Waals surface area contributed by atoms with Gasteiger partial charge in [-0.3, -0.25) is 4.40 Å². The van der Waals surface area contributed by atoms with Crippen LogP contribution in [-0.2, 0) is 6.67 Å². The summed E-state index contributed by atoms with van der Waals surface area (Å²) in [5.41, 5.74) is 0.897. The van der Waals surface area contributed by atoms with Gasteiger partial charge in [-0.1, -0.05) is 6.07 Å². The number of hydrogen-bond donors (Lipinski definition) is 1. The lowest BCUT2D eigenvalue weighted by Gasteiger charge is -2.31. The van der Waals surface area contributed by atoms with Crippen molar-refractivity contribution in [2.45, 2.75) is 6.67 Å². The molecule has 1 aliphatic rings. The molecule has 1 saturated heterocycles. The number of nitrogens with zero attached hydrogens (tertiary/aromatic N) is 6. The average Bonchev–Trinajstić information content (AvgIpc) is 2.93. The highest BCUT2D eigenvalue weighted by Gasteiger charge is 2.22. The second-order valence-corrected chi connectivity index (χ2v) is 6.02. The number of rotatable bonds is 3. The summed E-state index contributed by atoms with van der Waals surface area (Å²) >= 11 is 5.51. The summed E-state index contributed by atoms with van der Waals surface area (Å²) in [5, 5.41) is 4.60. The topological polar surface area (TPSA) is 55.7 Å².